The van der Waals surface area contributed by atoms with Crippen LogP contribution in [0.15, 0.2) is 18.2 Å². The van der Waals surface area contributed by atoms with Crippen molar-refractivity contribution >= 4 is 17.5 Å². The van der Waals surface area contributed by atoms with E-state index in [4.69, 9.17) is 21.4 Å². The number of likely N-dealkylation sites (tertiary alicyclic amines) is 1. The number of ether oxygens (including phenoxy) is 1. The number of aliphatic hydroxyl groups is 1. The molecular weight excluding hydrogens is 290 g/mol. The molecule has 21 heavy (non-hydrogen) atoms. The molecule has 1 aliphatic rings. The molecule has 0 radical (unpaired) electrons. The number of halogens is 1. The van der Waals surface area contributed by atoms with Gasteiger partial charge in [-0.2, -0.15) is 0 Å². The standard InChI is InChI=1S/C16H18ClNO3/c1-21-14-6-8-18(9-7-14)16(20)13-5-4-12(3-2-10-19)15(17)11-13/h4-5,11,14,19H,6-10H2,1H3. The molecule has 1 aromatic rings. The van der Waals surface area contributed by atoms with Crippen LogP contribution in [0.2, 0.25) is 5.02 Å². The normalized spacial score (nSPS) is 15.5. The van der Waals surface area contributed by atoms with E-state index in [2.05, 4.69) is 11.8 Å². The van der Waals surface area contributed by atoms with Crippen LogP contribution in [0, 0.1) is 11.8 Å². The lowest BCUT2D eigenvalue weighted by Gasteiger charge is -2.31. The minimum Gasteiger partial charge on any atom is -0.384 e. The van der Waals surface area contributed by atoms with Gasteiger partial charge in [-0.3, -0.25) is 4.79 Å². The van der Waals surface area contributed by atoms with Crippen molar-refractivity contribution in [3.63, 3.8) is 0 Å². The Bertz CT molecular complexity index is 569. The molecule has 1 N–H and O–H groups in total. The van der Waals surface area contributed by atoms with E-state index in [1.807, 2.05) is 4.90 Å². The molecule has 0 unspecified atom stereocenters. The van der Waals surface area contributed by atoms with E-state index in [9.17, 15) is 4.79 Å². The van der Waals surface area contributed by atoms with Crippen molar-refractivity contribution in [1.29, 1.82) is 0 Å². The first-order valence-electron chi connectivity index (χ1n) is 6.87. The van der Waals surface area contributed by atoms with Gasteiger partial charge in [-0.25, -0.2) is 0 Å². The summed E-state index contributed by atoms with van der Waals surface area (Å²) in [6.07, 6.45) is 1.96. The number of aliphatic hydroxyl groups excluding tert-OH is 1. The van der Waals surface area contributed by atoms with E-state index >= 15 is 0 Å². The van der Waals surface area contributed by atoms with Gasteiger partial charge in [-0.1, -0.05) is 23.4 Å². The fraction of sp³-hybridized carbons (Fsp3) is 0.438. The van der Waals surface area contributed by atoms with Gasteiger partial charge in [0.1, 0.15) is 6.61 Å². The van der Waals surface area contributed by atoms with Crippen LogP contribution >= 0.6 is 11.6 Å². The number of piperidine rings is 1. The third-order valence-corrected chi connectivity index (χ3v) is 3.89. The molecule has 1 saturated heterocycles. The highest BCUT2D eigenvalue weighted by molar-refractivity contribution is 6.32. The fourth-order valence-electron chi connectivity index (χ4n) is 2.36. The van der Waals surface area contributed by atoms with E-state index in [0.717, 1.165) is 12.8 Å². The molecule has 112 valence electrons. The van der Waals surface area contributed by atoms with E-state index < -0.39 is 0 Å². The maximum atomic E-state index is 12.4. The molecule has 5 heteroatoms. The van der Waals surface area contributed by atoms with Gasteiger partial charge in [-0.15, -0.1) is 0 Å². The largest absolute Gasteiger partial charge is 0.384 e. The quantitative estimate of drug-likeness (QED) is 0.850. The Morgan fingerprint density at radius 2 is 2.19 bits per heavy atom. The number of nitrogens with zero attached hydrogens (tertiary/aromatic N) is 1. The van der Waals surface area contributed by atoms with Crippen molar-refractivity contribution in [2.45, 2.75) is 18.9 Å². The average Bonchev–Trinajstić information content (AvgIpc) is 2.53. The molecule has 4 nitrogen and oxygen atoms in total. The lowest BCUT2D eigenvalue weighted by atomic mass is 10.1. The van der Waals surface area contributed by atoms with Gasteiger partial charge < -0.3 is 14.7 Å². The van der Waals surface area contributed by atoms with Gasteiger partial charge in [0, 0.05) is 31.3 Å². The summed E-state index contributed by atoms with van der Waals surface area (Å²) < 4.78 is 5.30. The summed E-state index contributed by atoms with van der Waals surface area (Å²) in [6, 6.07) is 5.06. The fourth-order valence-corrected chi connectivity index (χ4v) is 2.59. The van der Waals surface area contributed by atoms with E-state index in [1.165, 1.54) is 0 Å². The number of benzene rings is 1. The summed E-state index contributed by atoms with van der Waals surface area (Å²) in [5, 5.41) is 9.11. The Kier molecular flexibility index (Phi) is 5.63. The summed E-state index contributed by atoms with van der Waals surface area (Å²) >= 11 is 6.12. The van der Waals surface area contributed by atoms with Crippen molar-refractivity contribution in [2.75, 3.05) is 26.8 Å². The minimum absolute atomic E-state index is 0.0203. The van der Waals surface area contributed by atoms with Crippen LogP contribution in [0.25, 0.3) is 0 Å². The van der Waals surface area contributed by atoms with Crippen LogP contribution in [0.4, 0.5) is 0 Å². The number of carbonyl (C=O) groups excluding carboxylic acids is 1. The molecule has 0 aromatic heterocycles. The number of rotatable bonds is 2. The number of hydrogen-bond acceptors (Lipinski definition) is 3. The first kappa shape index (κ1) is 15.8. The van der Waals surface area contributed by atoms with Crippen molar-refractivity contribution in [1.82, 2.24) is 4.90 Å². The first-order chi connectivity index (χ1) is 10.2. The highest BCUT2D eigenvalue weighted by atomic mass is 35.5. The first-order valence-corrected chi connectivity index (χ1v) is 7.25. The topological polar surface area (TPSA) is 49.8 Å². The second-order valence-electron chi connectivity index (χ2n) is 4.88. The smallest absolute Gasteiger partial charge is 0.253 e. The molecule has 0 atom stereocenters. The van der Waals surface area contributed by atoms with Gasteiger partial charge in [-0.05, 0) is 31.0 Å². The molecule has 0 aliphatic carbocycles. The van der Waals surface area contributed by atoms with Crippen molar-refractivity contribution < 1.29 is 14.6 Å². The van der Waals surface area contributed by atoms with Crippen molar-refractivity contribution in [3.8, 4) is 11.8 Å². The van der Waals surface area contributed by atoms with Gasteiger partial charge in [0.05, 0.1) is 11.1 Å². The molecule has 0 saturated carbocycles. The minimum atomic E-state index is -0.217. The van der Waals surface area contributed by atoms with Crippen molar-refractivity contribution in [2.24, 2.45) is 0 Å². The Labute approximate surface area is 129 Å². The predicted octanol–water partition coefficient (Wildman–Crippen LogP) is 1.93. The van der Waals surface area contributed by atoms with E-state index in [1.54, 1.807) is 25.3 Å². The van der Waals surface area contributed by atoms with Gasteiger partial charge in [0.25, 0.3) is 5.91 Å². The number of hydrogen-bond donors (Lipinski definition) is 1. The number of carbonyl (C=O) groups is 1. The molecule has 1 aromatic carbocycles. The molecule has 1 amide bonds. The van der Waals surface area contributed by atoms with Gasteiger partial charge in [0.15, 0.2) is 0 Å². The van der Waals surface area contributed by atoms with Crippen LogP contribution in [0.3, 0.4) is 0 Å². The van der Waals surface area contributed by atoms with Crippen LogP contribution in [0.5, 0.6) is 0 Å². The second-order valence-corrected chi connectivity index (χ2v) is 5.29. The summed E-state index contributed by atoms with van der Waals surface area (Å²) in [4.78, 5) is 14.2. The third-order valence-electron chi connectivity index (χ3n) is 3.58. The highest BCUT2D eigenvalue weighted by Crippen LogP contribution is 2.20. The van der Waals surface area contributed by atoms with Gasteiger partial charge in [0.2, 0.25) is 0 Å². The summed E-state index contributed by atoms with van der Waals surface area (Å²) in [5.74, 6) is 5.27. The van der Waals surface area contributed by atoms with Crippen LogP contribution in [-0.4, -0.2) is 48.8 Å². The highest BCUT2D eigenvalue weighted by Gasteiger charge is 2.23. The number of methoxy groups -OCH3 is 1. The summed E-state index contributed by atoms with van der Waals surface area (Å²) in [5.41, 5.74) is 1.17. The third kappa shape index (κ3) is 3.98. The maximum Gasteiger partial charge on any atom is 0.253 e. The maximum absolute atomic E-state index is 12.4. The Hall–Kier alpha value is -1.54. The molecule has 1 heterocycles. The average molecular weight is 308 g/mol. The predicted molar refractivity (Wildman–Crippen MR) is 81.4 cm³/mol. The SMILES string of the molecule is COC1CCN(C(=O)c2ccc(C#CCO)c(Cl)c2)CC1. The summed E-state index contributed by atoms with van der Waals surface area (Å²) in [7, 11) is 1.70. The molecule has 1 fully saturated rings. The molecule has 0 bridgehead atoms. The van der Waals surface area contributed by atoms with E-state index in [0.29, 0.717) is 29.2 Å². The molecule has 2 rings (SSSR count). The lowest BCUT2D eigenvalue weighted by Crippen LogP contribution is -2.40. The zero-order valence-corrected chi connectivity index (χ0v) is 12.7. The zero-order valence-electron chi connectivity index (χ0n) is 11.9. The van der Waals surface area contributed by atoms with Gasteiger partial charge >= 0.3 is 0 Å². The second kappa shape index (κ2) is 7.46. The number of amides is 1. The van der Waals surface area contributed by atoms with Crippen LogP contribution in [-0.2, 0) is 4.74 Å². The Balaban J connectivity index is 2.08. The zero-order chi connectivity index (χ0) is 15.2. The molecule has 0 spiro atoms. The Morgan fingerprint density at radius 1 is 1.48 bits per heavy atom. The van der Waals surface area contributed by atoms with Crippen molar-refractivity contribution in [3.05, 3.63) is 34.3 Å². The van der Waals surface area contributed by atoms with Crippen LogP contribution in [0.1, 0.15) is 28.8 Å². The molecule has 1 aliphatic heterocycles. The van der Waals surface area contributed by atoms with Crippen LogP contribution < -0.4 is 0 Å². The lowest BCUT2D eigenvalue weighted by molar-refractivity contribution is 0.0351. The molecular formula is C16H18ClNO3. The summed E-state index contributed by atoms with van der Waals surface area (Å²) in [6.45, 7) is 1.17. The monoisotopic (exact) mass is 307 g/mol. The Morgan fingerprint density at radius 3 is 2.76 bits per heavy atom. The van der Waals surface area contributed by atoms with E-state index in [-0.39, 0.29) is 18.6 Å².